The first-order valence-corrected chi connectivity index (χ1v) is 13.0. The topological polar surface area (TPSA) is 117 Å². The molecule has 10 nitrogen and oxygen atoms in total. The van der Waals surface area contributed by atoms with Crippen molar-refractivity contribution in [2.75, 3.05) is 43.5 Å². The van der Waals surface area contributed by atoms with Gasteiger partial charge in [0.25, 0.3) is 0 Å². The third-order valence-corrected chi connectivity index (χ3v) is 7.35. The number of carbonyl (C=O) groups is 2. The molecule has 11 heteroatoms. The number of fused-ring (bicyclic) bond motifs is 3. The highest BCUT2D eigenvalue weighted by atomic mass is 19.1. The number of H-pyrrole nitrogens is 1. The van der Waals surface area contributed by atoms with E-state index in [4.69, 9.17) is 14.2 Å². The summed E-state index contributed by atoms with van der Waals surface area (Å²) in [6.45, 7) is 0.403. The van der Waals surface area contributed by atoms with Crippen LogP contribution in [0, 0.1) is 11.2 Å². The number of aromatic nitrogens is 1. The predicted molar refractivity (Wildman–Crippen MR) is 154 cm³/mol. The van der Waals surface area contributed by atoms with Crippen LogP contribution in [-0.2, 0) is 9.59 Å². The Bertz CT molecular complexity index is 1680. The Labute approximate surface area is 235 Å². The highest BCUT2D eigenvalue weighted by Crippen LogP contribution is 2.47. The largest absolute Gasteiger partial charge is 0.493 e. The Morgan fingerprint density at radius 3 is 2.10 bits per heavy atom. The number of carbonyl (C=O) groups excluding carboxylic acids is 2. The van der Waals surface area contributed by atoms with Gasteiger partial charge in [0.15, 0.2) is 11.5 Å². The first-order chi connectivity index (χ1) is 19.8. The van der Waals surface area contributed by atoms with Crippen LogP contribution < -0.4 is 29.7 Å². The number of amides is 2. The molecule has 6 rings (SSSR count). The number of methoxy groups -OCH3 is 2. The van der Waals surface area contributed by atoms with Crippen molar-refractivity contribution in [3.05, 3.63) is 72.2 Å². The van der Waals surface area contributed by atoms with E-state index in [0.29, 0.717) is 54.0 Å². The molecule has 4 aromatic rings. The van der Waals surface area contributed by atoms with Gasteiger partial charge in [-0.25, -0.2) is 9.38 Å². The van der Waals surface area contributed by atoms with Crippen LogP contribution in [0.3, 0.4) is 0 Å². The van der Waals surface area contributed by atoms with E-state index in [1.165, 1.54) is 24.3 Å². The molecule has 1 saturated carbocycles. The SMILES string of the molecule is COc1cc2[nH]c3c(c2cc1OC)N(C)CN=C3Oc1ccc(NC(=O)C2(C(=O)Nc3ccc(F)cc3)CC2)cc1. The lowest BCUT2D eigenvalue weighted by Crippen LogP contribution is -2.35. The number of aliphatic imine (C=N–C) groups is 1. The van der Waals surface area contributed by atoms with Gasteiger partial charge in [-0.1, -0.05) is 0 Å². The summed E-state index contributed by atoms with van der Waals surface area (Å²) in [5.74, 6) is 0.989. The summed E-state index contributed by atoms with van der Waals surface area (Å²) < 4.78 is 30.3. The van der Waals surface area contributed by atoms with E-state index >= 15 is 0 Å². The maximum absolute atomic E-state index is 13.2. The van der Waals surface area contributed by atoms with Crippen molar-refractivity contribution in [2.24, 2.45) is 10.4 Å². The molecule has 1 aliphatic carbocycles. The number of halogens is 1. The predicted octanol–water partition coefficient (Wildman–Crippen LogP) is 4.91. The van der Waals surface area contributed by atoms with Gasteiger partial charge in [0.05, 0.1) is 25.4 Å². The molecule has 2 aliphatic rings. The number of hydrogen-bond donors (Lipinski definition) is 3. The molecule has 0 bridgehead atoms. The summed E-state index contributed by atoms with van der Waals surface area (Å²) in [5.41, 5.74) is 2.33. The van der Waals surface area contributed by atoms with Crippen LogP contribution in [-0.4, -0.2) is 50.6 Å². The Kier molecular flexibility index (Phi) is 6.49. The van der Waals surface area contributed by atoms with Crippen LogP contribution in [0.25, 0.3) is 10.9 Å². The minimum atomic E-state index is -1.15. The zero-order chi connectivity index (χ0) is 28.7. The molecule has 0 radical (unpaired) electrons. The van der Waals surface area contributed by atoms with Gasteiger partial charge >= 0.3 is 0 Å². The molecule has 0 atom stereocenters. The zero-order valence-corrected chi connectivity index (χ0v) is 22.7. The number of nitrogens with zero attached hydrogens (tertiary/aromatic N) is 2. The highest BCUT2D eigenvalue weighted by Gasteiger charge is 2.56. The van der Waals surface area contributed by atoms with Crippen molar-refractivity contribution in [2.45, 2.75) is 12.8 Å². The van der Waals surface area contributed by atoms with Gasteiger partial charge < -0.3 is 34.7 Å². The first-order valence-electron chi connectivity index (χ1n) is 13.0. The molecule has 1 aliphatic heterocycles. The van der Waals surface area contributed by atoms with Crippen molar-refractivity contribution in [1.29, 1.82) is 0 Å². The van der Waals surface area contributed by atoms with Gasteiger partial charge in [0.2, 0.25) is 17.7 Å². The second-order valence-electron chi connectivity index (χ2n) is 10.0. The number of nitrogens with one attached hydrogen (secondary N) is 3. The Morgan fingerprint density at radius 2 is 1.51 bits per heavy atom. The van der Waals surface area contributed by atoms with Crippen molar-refractivity contribution < 1.29 is 28.2 Å². The highest BCUT2D eigenvalue weighted by molar-refractivity contribution is 6.17. The van der Waals surface area contributed by atoms with E-state index in [9.17, 15) is 14.0 Å². The summed E-state index contributed by atoms with van der Waals surface area (Å²) in [6.07, 6.45) is 0.873. The van der Waals surface area contributed by atoms with E-state index in [1.807, 2.05) is 24.1 Å². The summed E-state index contributed by atoms with van der Waals surface area (Å²) in [6, 6.07) is 16.1. The van der Waals surface area contributed by atoms with Gasteiger partial charge in [-0.15, -0.1) is 0 Å². The molecule has 210 valence electrons. The average molecular weight is 558 g/mol. The lowest BCUT2D eigenvalue weighted by Gasteiger charge is -2.24. The fourth-order valence-electron chi connectivity index (χ4n) is 4.90. The minimum absolute atomic E-state index is 0.390. The van der Waals surface area contributed by atoms with Crippen LogP contribution in [0.15, 0.2) is 65.7 Å². The van der Waals surface area contributed by atoms with Crippen LogP contribution in [0.1, 0.15) is 18.5 Å². The summed E-state index contributed by atoms with van der Waals surface area (Å²) in [5, 5.41) is 6.49. The Hall–Kier alpha value is -5.06. The molecule has 1 fully saturated rings. The van der Waals surface area contributed by atoms with Gasteiger partial charge in [-0.3, -0.25) is 9.59 Å². The number of anilines is 3. The quantitative estimate of drug-likeness (QED) is 0.278. The van der Waals surface area contributed by atoms with Crippen molar-refractivity contribution in [3.8, 4) is 17.2 Å². The normalized spacial score (nSPS) is 15.0. The molecule has 2 amide bonds. The molecule has 0 unspecified atom stereocenters. The van der Waals surface area contributed by atoms with Crippen LogP contribution >= 0.6 is 0 Å². The van der Waals surface area contributed by atoms with Gasteiger partial charge in [-0.2, -0.15) is 0 Å². The Balaban J connectivity index is 1.15. The second kappa shape index (κ2) is 10.2. The van der Waals surface area contributed by atoms with Crippen molar-refractivity contribution in [3.63, 3.8) is 0 Å². The lowest BCUT2D eigenvalue weighted by molar-refractivity contribution is -0.131. The summed E-state index contributed by atoms with van der Waals surface area (Å²) in [4.78, 5) is 35.8. The maximum atomic E-state index is 13.2. The molecule has 41 heavy (non-hydrogen) atoms. The van der Waals surface area contributed by atoms with E-state index < -0.39 is 17.1 Å². The monoisotopic (exact) mass is 557 g/mol. The molecule has 0 saturated heterocycles. The van der Waals surface area contributed by atoms with Gasteiger partial charge in [0.1, 0.15) is 29.3 Å². The fourth-order valence-corrected chi connectivity index (χ4v) is 4.90. The number of benzene rings is 3. The van der Waals surface area contributed by atoms with E-state index in [1.54, 1.807) is 38.5 Å². The van der Waals surface area contributed by atoms with E-state index in [0.717, 1.165) is 22.3 Å². The first kappa shape index (κ1) is 26.2. The number of ether oxygens (including phenoxy) is 3. The van der Waals surface area contributed by atoms with Crippen molar-refractivity contribution in [1.82, 2.24) is 4.98 Å². The average Bonchev–Trinajstić information content (AvgIpc) is 3.71. The number of aromatic amines is 1. The van der Waals surface area contributed by atoms with Gasteiger partial charge in [-0.05, 0) is 67.4 Å². The lowest BCUT2D eigenvalue weighted by atomic mass is 10.0. The molecule has 1 aromatic heterocycles. The van der Waals surface area contributed by atoms with Crippen LogP contribution in [0.4, 0.5) is 21.5 Å². The minimum Gasteiger partial charge on any atom is -0.493 e. The summed E-state index contributed by atoms with van der Waals surface area (Å²) >= 11 is 0. The Morgan fingerprint density at radius 1 is 0.927 bits per heavy atom. The summed E-state index contributed by atoms with van der Waals surface area (Å²) in [7, 11) is 5.14. The molecular formula is C30H28FN5O5. The standard InChI is InChI=1S/C30H28FN5O5/c1-36-16-32-27(25-26(36)21-14-23(39-2)24(40-3)15-22(21)35-25)41-20-10-8-19(9-11-20)34-29(38)30(12-13-30)28(37)33-18-6-4-17(31)5-7-18/h4-11,14-15,35H,12-13,16H2,1-3H3,(H,33,37)(H,34,38). The number of hydrogen-bond acceptors (Lipinski definition) is 7. The van der Waals surface area contributed by atoms with E-state index in [-0.39, 0.29) is 5.91 Å². The van der Waals surface area contributed by atoms with E-state index in [2.05, 4.69) is 20.6 Å². The smallest absolute Gasteiger partial charge is 0.242 e. The molecular weight excluding hydrogens is 529 g/mol. The molecule has 3 aromatic carbocycles. The fraction of sp³-hybridized carbons (Fsp3) is 0.233. The zero-order valence-electron chi connectivity index (χ0n) is 22.7. The van der Waals surface area contributed by atoms with Gasteiger partial charge in [0, 0.05) is 29.9 Å². The maximum Gasteiger partial charge on any atom is 0.242 e. The molecule has 0 spiro atoms. The van der Waals surface area contributed by atoms with Crippen molar-refractivity contribution >= 4 is 45.7 Å². The van der Waals surface area contributed by atoms with Crippen LogP contribution in [0.5, 0.6) is 17.2 Å². The molecule has 3 N–H and O–H groups in total. The van der Waals surface area contributed by atoms with Crippen LogP contribution in [0.2, 0.25) is 0 Å². The number of rotatable bonds is 7. The molecule has 2 heterocycles. The second-order valence-corrected chi connectivity index (χ2v) is 10.0. The third-order valence-electron chi connectivity index (χ3n) is 7.35. The third kappa shape index (κ3) is 4.79.